The van der Waals surface area contributed by atoms with Crippen molar-refractivity contribution in [2.45, 2.75) is 25.3 Å². The lowest BCUT2D eigenvalue weighted by Crippen LogP contribution is -2.44. The normalized spacial score (nSPS) is 21.4. The maximum absolute atomic E-state index is 13.5. The van der Waals surface area contributed by atoms with Gasteiger partial charge in [-0.05, 0) is 18.6 Å². The van der Waals surface area contributed by atoms with Gasteiger partial charge in [-0.3, -0.25) is 9.59 Å². The third-order valence-corrected chi connectivity index (χ3v) is 6.48. The van der Waals surface area contributed by atoms with Crippen molar-refractivity contribution >= 4 is 27.4 Å². The highest BCUT2D eigenvalue weighted by molar-refractivity contribution is 7.91. The van der Waals surface area contributed by atoms with Crippen molar-refractivity contribution in [1.82, 2.24) is 9.91 Å². The Labute approximate surface area is 162 Å². The summed E-state index contributed by atoms with van der Waals surface area (Å²) in [5, 5.41) is 5.31. The highest BCUT2D eigenvalue weighted by Gasteiger charge is 2.37. The first-order chi connectivity index (χ1) is 13.3. The minimum absolute atomic E-state index is 0.0214. The van der Waals surface area contributed by atoms with Gasteiger partial charge in [-0.2, -0.15) is 5.10 Å². The number of halogens is 1. The van der Waals surface area contributed by atoms with E-state index < -0.39 is 21.7 Å². The molecule has 10 heteroatoms. The van der Waals surface area contributed by atoms with Crippen LogP contribution in [-0.4, -0.2) is 73.6 Å². The van der Waals surface area contributed by atoms with Crippen molar-refractivity contribution in [2.75, 3.05) is 31.7 Å². The van der Waals surface area contributed by atoms with Crippen LogP contribution in [0, 0.1) is 5.82 Å². The Balaban J connectivity index is 1.60. The first-order valence-electron chi connectivity index (χ1n) is 8.99. The van der Waals surface area contributed by atoms with Gasteiger partial charge < -0.3 is 9.64 Å². The van der Waals surface area contributed by atoms with E-state index in [2.05, 4.69) is 5.10 Å². The zero-order valence-electron chi connectivity index (χ0n) is 15.5. The quantitative estimate of drug-likeness (QED) is 0.691. The van der Waals surface area contributed by atoms with E-state index in [-0.39, 0.29) is 60.8 Å². The molecule has 0 radical (unpaired) electrons. The van der Waals surface area contributed by atoms with Gasteiger partial charge in [0.1, 0.15) is 12.3 Å². The number of amides is 2. The van der Waals surface area contributed by atoms with Gasteiger partial charge in [-0.15, -0.1) is 0 Å². The third kappa shape index (κ3) is 4.67. The van der Waals surface area contributed by atoms with Crippen molar-refractivity contribution in [1.29, 1.82) is 0 Å². The molecule has 2 amide bonds. The van der Waals surface area contributed by atoms with Gasteiger partial charge >= 0.3 is 0 Å². The van der Waals surface area contributed by atoms with Gasteiger partial charge in [0.25, 0.3) is 5.91 Å². The summed E-state index contributed by atoms with van der Waals surface area (Å²) in [5.41, 5.74) is 0.206. The zero-order chi connectivity index (χ0) is 20.3. The summed E-state index contributed by atoms with van der Waals surface area (Å²) in [6.07, 6.45) is 0.637. The number of nitrogens with zero attached hydrogens (tertiary/aromatic N) is 3. The van der Waals surface area contributed by atoms with Crippen LogP contribution in [0.4, 0.5) is 4.39 Å². The topological polar surface area (TPSA) is 96.3 Å². The Hall–Kier alpha value is -2.49. The average Bonchev–Trinajstić information content (AvgIpc) is 3.02. The van der Waals surface area contributed by atoms with E-state index >= 15 is 0 Å². The Morgan fingerprint density at radius 1 is 1.36 bits per heavy atom. The average molecular weight is 411 g/mol. The summed E-state index contributed by atoms with van der Waals surface area (Å²) in [4.78, 5) is 26.1. The van der Waals surface area contributed by atoms with Crippen LogP contribution in [0.3, 0.4) is 0 Å². The molecule has 8 nitrogen and oxygen atoms in total. The van der Waals surface area contributed by atoms with Crippen molar-refractivity contribution in [2.24, 2.45) is 5.10 Å². The molecular formula is C18H22FN3O5S. The number of hydrazone groups is 1. The number of benzene rings is 1. The molecule has 0 unspecified atom stereocenters. The molecule has 0 N–H and O–H groups in total. The molecule has 2 heterocycles. The van der Waals surface area contributed by atoms with E-state index in [0.29, 0.717) is 6.42 Å². The second-order valence-corrected chi connectivity index (χ2v) is 9.08. The molecule has 1 aromatic carbocycles. The van der Waals surface area contributed by atoms with Crippen LogP contribution >= 0.6 is 0 Å². The number of sulfone groups is 1. The largest absolute Gasteiger partial charge is 0.489 e. The Kier molecular flexibility index (Phi) is 5.97. The summed E-state index contributed by atoms with van der Waals surface area (Å²) >= 11 is 0. The number of rotatable bonds is 6. The lowest BCUT2D eigenvalue weighted by Gasteiger charge is -2.28. The SMILES string of the molecule is CN(CCOc1ccccc1F)C(=O)C1=NN([C@H]2CCS(=O)(=O)C2)C(=O)CC1. The lowest BCUT2D eigenvalue weighted by molar-refractivity contribution is -0.134. The van der Waals surface area contributed by atoms with Crippen molar-refractivity contribution in [3.63, 3.8) is 0 Å². The van der Waals surface area contributed by atoms with Crippen LogP contribution in [0.25, 0.3) is 0 Å². The van der Waals surface area contributed by atoms with Crippen LogP contribution < -0.4 is 4.74 Å². The van der Waals surface area contributed by atoms with Gasteiger partial charge in [0.05, 0.1) is 24.1 Å². The summed E-state index contributed by atoms with van der Waals surface area (Å²) < 4.78 is 42.2. The molecule has 3 rings (SSSR count). The van der Waals surface area contributed by atoms with Gasteiger partial charge in [-0.1, -0.05) is 12.1 Å². The Morgan fingerprint density at radius 3 is 2.79 bits per heavy atom. The molecule has 2 aliphatic rings. The number of hydrogen-bond donors (Lipinski definition) is 0. The first-order valence-corrected chi connectivity index (χ1v) is 10.8. The van der Waals surface area contributed by atoms with E-state index in [1.807, 2.05) is 0 Å². The number of ether oxygens (including phenoxy) is 1. The van der Waals surface area contributed by atoms with Crippen LogP contribution in [0.5, 0.6) is 5.75 Å². The molecule has 1 aromatic rings. The van der Waals surface area contributed by atoms with E-state index in [1.165, 1.54) is 17.0 Å². The number of carbonyl (C=O) groups is 2. The van der Waals surface area contributed by atoms with Crippen LogP contribution in [-0.2, 0) is 19.4 Å². The molecule has 28 heavy (non-hydrogen) atoms. The van der Waals surface area contributed by atoms with Gasteiger partial charge in [-0.25, -0.2) is 17.8 Å². The Morgan fingerprint density at radius 2 is 2.11 bits per heavy atom. The van der Waals surface area contributed by atoms with Crippen LogP contribution in [0.1, 0.15) is 19.3 Å². The molecule has 0 saturated carbocycles. The van der Waals surface area contributed by atoms with E-state index in [1.54, 1.807) is 19.2 Å². The smallest absolute Gasteiger partial charge is 0.269 e. The molecule has 0 aliphatic carbocycles. The summed E-state index contributed by atoms with van der Waals surface area (Å²) in [6.45, 7) is 0.303. The molecule has 1 fully saturated rings. The minimum Gasteiger partial charge on any atom is -0.489 e. The number of para-hydroxylation sites is 1. The van der Waals surface area contributed by atoms with Gasteiger partial charge in [0.2, 0.25) is 5.91 Å². The molecule has 2 aliphatic heterocycles. The Bertz CT molecular complexity index is 902. The fourth-order valence-corrected chi connectivity index (χ4v) is 4.85. The molecular weight excluding hydrogens is 389 g/mol. The molecule has 1 atom stereocenters. The van der Waals surface area contributed by atoms with Crippen LogP contribution in [0.2, 0.25) is 0 Å². The molecule has 0 aromatic heterocycles. The van der Waals surface area contributed by atoms with Crippen molar-refractivity contribution in [3.8, 4) is 5.75 Å². The van der Waals surface area contributed by atoms with Gasteiger partial charge in [0.15, 0.2) is 21.4 Å². The van der Waals surface area contributed by atoms with E-state index in [4.69, 9.17) is 4.74 Å². The van der Waals surface area contributed by atoms with E-state index in [0.717, 1.165) is 5.01 Å². The zero-order valence-corrected chi connectivity index (χ0v) is 16.3. The predicted molar refractivity (Wildman–Crippen MR) is 100 cm³/mol. The van der Waals surface area contributed by atoms with Gasteiger partial charge in [0, 0.05) is 19.9 Å². The molecule has 0 bridgehead atoms. The summed E-state index contributed by atoms with van der Waals surface area (Å²) in [6, 6.07) is 5.48. The monoisotopic (exact) mass is 411 g/mol. The second-order valence-electron chi connectivity index (χ2n) is 6.85. The minimum atomic E-state index is -3.17. The highest BCUT2D eigenvalue weighted by Crippen LogP contribution is 2.22. The summed E-state index contributed by atoms with van der Waals surface area (Å²) in [7, 11) is -1.60. The molecule has 0 spiro atoms. The predicted octanol–water partition coefficient (Wildman–Crippen LogP) is 0.828. The maximum Gasteiger partial charge on any atom is 0.269 e. The summed E-state index contributed by atoms with van der Waals surface area (Å²) in [5.74, 6) is -1.12. The fraction of sp³-hybridized carbons (Fsp3) is 0.500. The standard InChI is InChI=1S/C18H22FN3O5S/c1-21(9-10-27-16-5-3-2-4-14(16)19)18(24)15-6-7-17(23)22(20-15)13-8-11-28(25,26)12-13/h2-5,13H,6-12H2,1H3/t13-/m0/s1. The first kappa shape index (κ1) is 20.2. The molecule has 152 valence electrons. The highest BCUT2D eigenvalue weighted by atomic mass is 32.2. The van der Waals surface area contributed by atoms with E-state index in [9.17, 15) is 22.4 Å². The van der Waals surface area contributed by atoms with Crippen LogP contribution in [0.15, 0.2) is 29.4 Å². The van der Waals surface area contributed by atoms with Crippen molar-refractivity contribution < 1.29 is 27.1 Å². The second kappa shape index (κ2) is 8.26. The number of carbonyl (C=O) groups excluding carboxylic acids is 2. The number of hydrogen-bond acceptors (Lipinski definition) is 6. The number of likely N-dealkylation sites (N-methyl/N-ethyl adjacent to an activating group) is 1. The molecule has 1 saturated heterocycles. The third-order valence-electron chi connectivity index (χ3n) is 4.73. The lowest BCUT2D eigenvalue weighted by atomic mass is 10.1. The fourth-order valence-electron chi connectivity index (χ4n) is 3.16. The maximum atomic E-state index is 13.5. The van der Waals surface area contributed by atoms with Crippen molar-refractivity contribution in [3.05, 3.63) is 30.1 Å².